The number of phenolic OH excluding ortho intramolecular Hbond substituents is 1. The average molecular weight is 133 g/mol. The maximum Gasteiger partial charge on any atom is 0.137 e. The van der Waals surface area contributed by atoms with Crippen molar-refractivity contribution in [3.8, 4) is 5.75 Å². The van der Waals surface area contributed by atoms with Gasteiger partial charge >= 0.3 is 0 Å². The van der Waals surface area contributed by atoms with E-state index in [0.29, 0.717) is 5.58 Å². The zero-order valence-electron chi connectivity index (χ0n) is 5.16. The molecule has 0 aliphatic carbocycles. The first-order valence-electron chi connectivity index (χ1n) is 2.94. The van der Waals surface area contributed by atoms with E-state index in [4.69, 9.17) is 9.52 Å². The highest BCUT2D eigenvalue weighted by atomic mass is 16.3. The number of hydrogen-bond acceptors (Lipinski definition) is 2. The van der Waals surface area contributed by atoms with Gasteiger partial charge in [0, 0.05) is 17.5 Å². The number of aromatic hydroxyl groups is 1. The van der Waals surface area contributed by atoms with E-state index in [1.165, 1.54) is 6.07 Å². The van der Waals surface area contributed by atoms with Crippen LogP contribution in [0.25, 0.3) is 11.0 Å². The van der Waals surface area contributed by atoms with E-state index in [2.05, 4.69) is 6.07 Å². The van der Waals surface area contributed by atoms with Crippen molar-refractivity contribution in [1.82, 2.24) is 0 Å². The van der Waals surface area contributed by atoms with Crippen molar-refractivity contribution < 1.29 is 9.52 Å². The Labute approximate surface area is 57.7 Å². The summed E-state index contributed by atoms with van der Waals surface area (Å²) in [4.78, 5) is 0. The molecule has 2 heteroatoms. The minimum absolute atomic E-state index is 0.113. The molecular weight excluding hydrogens is 128 g/mol. The van der Waals surface area contributed by atoms with Gasteiger partial charge in [-0.3, -0.25) is 0 Å². The third-order valence-electron chi connectivity index (χ3n) is 1.37. The van der Waals surface area contributed by atoms with Crippen molar-refractivity contribution >= 4 is 11.0 Å². The molecular formula is C8H5O2. The van der Waals surface area contributed by atoms with Crippen molar-refractivity contribution in [3.05, 3.63) is 30.5 Å². The lowest BCUT2D eigenvalue weighted by Gasteiger charge is -1.87. The Morgan fingerprint density at radius 2 is 2.40 bits per heavy atom. The van der Waals surface area contributed by atoms with E-state index >= 15 is 0 Å². The van der Waals surface area contributed by atoms with Crippen LogP contribution in [-0.4, -0.2) is 5.11 Å². The minimum Gasteiger partial charge on any atom is -0.507 e. The fraction of sp³-hybridized carbons (Fsp3) is 0. The lowest BCUT2D eigenvalue weighted by molar-refractivity contribution is 0.473. The molecule has 0 saturated heterocycles. The van der Waals surface area contributed by atoms with Crippen LogP contribution < -0.4 is 0 Å². The number of rotatable bonds is 0. The van der Waals surface area contributed by atoms with E-state index in [1.807, 2.05) is 6.07 Å². The van der Waals surface area contributed by atoms with E-state index in [9.17, 15) is 0 Å². The molecule has 1 heterocycles. The summed E-state index contributed by atoms with van der Waals surface area (Å²) in [6, 6.07) is 7.71. The van der Waals surface area contributed by atoms with Crippen molar-refractivity contribution in [1.29, 1.82) is 0 Å². The van der Waals surface area contributed by atoms with Crippen molar-refractivity contribution in [2.24, 2.45) is 0 Å². The van der Waals surface area contributed by atoms with Gasteiger partial charge in [0.2, 0.25) is 0 Å². The first-order chi connectivity index (χ1) is 4.86. The smallest absolute Gasteiger partial charge is 0.137 e. The predicted octanol–water partition coefficient (Wildman–Crippen LogP) is 1.94. The fourth-order valence-corrected chi connectivity index (χ4v) is 0.885. The summed E-state index contributed by atoms with van der Waals surface area (Å²) in [6.07, 6.45) is 1.58. The second-order valence-corrected chi connectivity index (χ2v) is 2.06. The maximum absolute atomic E-state index is 8.93. The zero-order chi connectivity index (χ0) is 6.97. The van der Waals surface area contributed by atoms with Crippen LogP contribution in [-0.2, 0) is 0 Å². The molecule has 1 N–H and O–H groups in total. The van der Waals surface area contributed by atoms with Gasteiger partial charge in [-0.1, -0.05) is 0 Å². The van der Waals surface area contributed by atoms with Crippen LogP contribution in [0.1, 0.15) is 0 Å². The molecule has 2 nitrogen and oxygen atoms in total. The molecule has 0 spiro atoms. The van der Waals surface area contributed by atoms with Gasteiger partial charge in [0.1, 0.15) is 11.3 Å². The zero-order valence-corrected chi connectivity index (χ0v) is 5.16. The lowest BCUT2D eigenvalue weighted by atomic mass is 10.2. The number of benzene rings is 1. The largest absolute Gasteiger partial charge is 0.507 e. The lowest BCUT2D eigenvalue weighted by Crippen LogP contribution is -1.63. The molecule has 0 amide bonds. The van der Waals surface area contributed by atoms with E-state index in [-0.39, 0.29) is 5.75 Å². The van der Waals surface area contributed by atoms with Gasteiger partial charge in [-0.25, -0.2) is 0 Å². The van der Waals surface area contributed by atoms with Crippen LogP contribution in [0, 0.1) is 6.07 Å². The molecule has 0 saturated carbocycles. The minimum atomic E-state index is 0.113. The van der Waals surface area contributed by atoms with Crippen LogP contribution in [0.4, 0.5) is 0 Å². The van der Waals surface area contributed by atoms with Crippen LogP contribution >= 0.6 is 0 Å². The van der Waals surface area contributed by atoms with Crippen molar-refractivity contribution in [2.75, 3.05) is 0 Å². The summed E-state index contributed by atoms with van der Waals surface area (Å²) in [5, 5.41) is 9.89. The maximum atomic E-state index is 8.93. The summed E-state index contributed by atoms with van der Waals surface area (Å²) in [5.41, 5.74) is 0.691. The summed E-state index contributed by atoms with van der Waals surface area (Å²) in [7, 11) is 0. The Hall–Kier alpha value is -1.44. The van der Waals surface area contributed by atoms with Crippen LogP contribution in [0.15, 0.2) is 28.9 Å². The van der Waals surface area contributed by atoms with Gasteiger partial charge in [0.25, 0.3) is 0 Å². The van der Waals surface area contributed by atoms with Gasteiger partial charge < -0.3 is 9.52 Å². The van der Waals surface area contributed by atoms with Crippen LogP contribution in [0.2, 0.25) is 0 Å². The standard InChI is InChI=1S/C8H5O2/c9-7-2-1-6-3-4-10-8(6)5-7/h1,3-5,9H. The third kappa shape index (κ3) is 0.658. The fourth-order valence-electron chi connectivity index (χ4n) is 0.885. The molecule has 0 fully saturated rings. The molecule has 0 unspecified atom stereocenters. The third-order valence-corrected chi connectivity index (χ3v) is 1.37. The molecule has 1 aromatic carbocycles. The molecule has 10 heavy (non-hydrogen) atoms. The van der Waals surface area contributed by atoms with Crippen LogP contribution in [0.5, 0.6) is 5.75 Å². The molecule has 0 aliphatic heterocycles. The van der Waals surface area contributed by atoms with Gasteiger partial charge in [-0.15, -0.1) is 0 Å². The molecule has 1 aromatic heterocycles. The van der Waals surface area contributed by atoms with Gasteiger partial charge in [-0.2, -0.15) is 0 Å². The van der Waals surface area contributed by atoms with Gasteiger partial charge in [-0.05, 0) is 12.1 Å². The summed E-state index contributed by atoms with van der Waals surface area (Å²) < 4.78 is 5.02. The SMILES string of the molecule is Oc1[c]cc2ccoc2c1. The van der Waals surface area contributed by atoms with E-state index < -0.39 is 0 Å². The number of phenols is 1. The Kier molecular flexibility index (Phi) is 0.947. The van der Waals surface area contributed by atoms with Crippen molar-refractivity contribution in [2.45, 2.75) is 0 Å². The molecule has 0 bridgehead atoms. The van der Waals surface area contributed by atoms with Gasteiger partial charge in [0.05, 0.1) is 6.26 Å². The van der Waals surface area contributed by atoms with Gasteiger partial charge in [0.15, 0.2) is 0 Å². The highest BCUT2D eigenvalue weighted by molar-refractivity contribution is 5.77. The second-order valence-electron chi connectivity index (χ2n) is 2.06. The first kappa shape index (κ1) is 5.35. The normalized spacial score (nSPS) is 10.4. The second kappa shape index (κ2) is 1.77. The average Bonchev–Trinajstić information content (AvgIpc) is 2.33. The Bertz CT molecular complexity index is 349. The predicted molar refractivity (Wildman–Crippen MR) is 36.7 cm³/mol. The number of fused-ring (bicyclic) bond motifs is 1. The van der Waals surface area contributed by atoms with Crippen molar-refractivity contribution in [3.63, 3.8) is 0 Å². The molecule has 0 aliphatic rings. The topological polar surface area (TPSA) is 33.4 Å². The Morgan fingerprint density at radius 1 is 1.50 bits per heavy atom. The van der Waals surface area contributed by atoms with Crippen LogP contribution in [0.3, 0.4) is 0 Å². The number of furan rings is 1. The summed E-state index contributed by atoms with van der Waals surface area (Å²) >= 11 is 0. The molecule has 2 aromatic rings. The highest BCUT2D eigenvalue weighted by Gasteiger charge is 1.95. The Morgan fingerprint density at radius 3 is 3.30 bits per heavy atom. The number of hydrogen-bond donors (Lipinski definition) is 1. The highest BCUT2D eigenvalue weighted by Crippen LogP contribution is 2.19. The molecule has 0 atom stereocenters. The monoisotopic (exact) mass is 133 g/mol. The van der Waals surface area contributed by atoms with E-state index in [1.54, 1.807) is 12.3 Å². The quantitative estimate of drug-likeness (QED) is 0.595. The molecule has 2 rings (SSSR count). The molecule has 49 valence electrons. The Balaban J connectivity index is 2.86. The summed E-state index contributed by atoms with van der Waals surface area (Å²) in [6.45, 7) is 0. The molecule has 1 radical (unpaired) electrons. The first-order valence-corrected chi connectivity index (χ1v) is 2.94. The summed E-state index contributed by atoms with van der Waals surface area (Å²) in [5.74, 6) is 0.113. The van der Waals surface area contributed by atoms with E-state index in [0.717, 1.165) is 5.39 Å².